The van der Waals surface area contributed by atoms with Crippen molar-refractivity contribution in [1.29, 1.82) is 0 Å². The van der Waals surface area contributed by atoms with E-state index >= 15 is 0 Å². The van der Waals surface area contributed by atoms with Gasteiger partial charge in [0.15, 0.2) is 0 Å². The maximum absolute atomic E-state index is 12.2. The van der Waals surface area contributed by atoms with Crippen molar-refractivity contribution in [2.45, 2.75) is 13.8 Å². The van der Waals surface area contributed by atoms with Gasteiger partial charge in [-0.3, -0.25) is 4.79 Å². The molecule has 0 aliphatic carbocycles. The van der Waals surface area contributed by atoms with Crippen LogP contribution in [-0.2, 0) is 0 Å². The topological polar surface area (TPSA) is 38.3 Å². The maximum Gasteiger partial charge on any atom is 0.255 e. The Labute approximate surface area is 133 Å². The van der Waals surface area contributed by atoms with E-state index in [1.54, 1.807) is 12.1 Å². The van der Waals surface area contributed by atoms with Gasteiger partial charge in [-0.05, 0) is 48.4 Å². The van der Waals surface area contributed by atoms with Crippen molar-refractivity contribution in [3.8, 4) is 5.75 Å². The second kappa shape index (κ2) is 7.27. The highest BCUT2D eigenvalue weighted by atomic mass is 79.9. The summed E-state index contributed by atoms with van der Waals surface area (Å²) in [6.07, 6.45) is 0. The highest BCUT2D eigenvalue weighted by Crippen LogP contribution is 2.18. The molecule has 3 nitrogen and oxygen atoms in total. The van der Waals surface area contributed by atoms with Crippen LogP contribution in [0.2, 0.25) is 0 Å². The van der Waals surface area contributed by atoms with Crippen molar-refractivity contribution < 1.29 is 9.53 Å². The molecule has 0 saturated carbocycles. The number of hydrogen-bond acceptors (Lipinski definition) is 2. The van der Waals surface area contributed by atoms with Crippen molar-refractivity contribution in [2.24, 2.45) is 5.92 Å². The number of ether oxygens (including phenoxy) is 1. The lowest BCUT2D eigenvalue weighted by molar-refractivity contribution is 0.102. The molecule has 2 aromatic carbocycles. The van der Waals surface area contributed by atoms with Gasteiger partial charge in [0.1, 0.15) is 5.75 Å². The SMILES string of the molecule is CC(C)COc1cccc(C(=O)Nc2ccc(Br)cc2)c1. The van der Waals surface area contributed by atoms with Crippen LogP contribution in [0, 0.1) is 5.92 Å². The summed E-state index contributed by atoms with van der Waals surface area (Å²) >= 11 is 3.37. The van der Waals surface area contributed by atoms with Gasteiger partial charge >= 0.3 is 0 Å². The number of nitrogens with one attached hydrogen (secondary N) is 1. The number of carbonyl (C=O) groups is 1. The number of halogens is 1. The smallest absolute Gasteiger partial charge is 0.255 e. The molecule has 0 aliphatic rings. The van der Waals surface area contributed by atoms with E-state index in [0.29, 0.717) is 23.8 Å². The summed E-state index contributed by atoms with van der Waals surface area (Å²) in [5, 5.41) is 2.86. The van der Waals surface area contributed by atoms with Crippen LogP contribution >= 0.6 is 15.9 Å². The number of anilines is 1. The van der Waals surface area contributed by atoms with Gasteiger partial charge in [-0.2, -0.15) is 0 Å². The molecule has 110 valence electrons. The van der Waals surface area contributed by atoms with Crippen LogP contribution < -0.4 is 10.1 Å². The highest BCUT2D eigenvalue weighted by molar-refractivity contribution is 9.10. The van der Waals surface area contributed by atoms with Gasteiger partial charge in [0, 0.05) is 15.7 Å². The van der Waals surface area contributed by atoms with Gasteiger partial charge in [-0.15, -0.1) is 0 Å². The first-order valence-corrected chi connectivity index (χ1v) is 7.63. The van der Waals surface area contributed by atoms with E-state index in [1.807, 2.05) is 36.4 Å². The van der Waals surface area contributed by atoms with Gasteiger partial charge in [-0.25, -0.2) is 0 Å². The van der Waals surface area contributed by atoms with E-state index in [2.05, 4.69) is 35.1 Å². The summed E-state index contributed by atoms with van der Waals surface area (Å²) in [6, 6.07) is 14.7. The summed E-state index contributed by atoms with van der Waals surface area (Å²) in [7, 11) is 0. The van der Waals surface area contributed by atoms with E-state index < -0.39 is 0 Å². The Morgan fingerprint density at radius 2 is 1.90 bits per heavy atom. The number of carbonyl (C=O) groups excluding carboxylic acids is 1. The lowest BCUT2D eigenvalue weighted by atomic mass is 10.2. The number of amides is 1. The molecule has 0 aliphatic heterocycles. The zero-order valence-corrected chi connectivity index (χ0v) is 13.7. The molecule has 0 aromatic heterocycles. The second-order valence-electron chi connectivity index (χ2n) is 5.19. The fraction of sp³-hybridized carbons (Fsp3) is 0.235. The minimum atomic E-state index is -0.146. The predicted molar refractivity (Wildman–Crippen MR) is 88.9 cm³/mol. The molecular weight excluding hydrogens is 330 g/mol. The Morgan fingerprint density at radius 1 is 1.19 bits per heavy atom. The molecule has 0 heterocycles. The van der Waals surface area contributed by atoms with E-state index in [9.17, 15) is 4.79 Å². The zero-order valence-electron chi connectivity index (χ0n) is 12.1. The molecule has 0 spiro atoms. The molecule has 2 rings (SSSR count). The Kier molecular flexibility index (Phi) is 5.39. The monoisotopic (exact) mass is 347 g/mol. The van der Waals surface area contributed by atoms with E-state index in [-0.39, 0.29) is 5.91 Å². The van der Waals surface area contributed by atoms with Crippen LogP contribution in [0.1, 0.15) is 24.2 Å². The lowest BCUT2D eigenvalue weighted by Crippen LogP contribution is -2.12. The Bertz CT molecular complexity index is 608. The summed E-state index contributed by atoms with van der Waals surface area (Å²) < 4.78 is 6.61. The zero-order chi connectivity index (χ0) is 15.2. The third-order valence-electron chi connectivity index (χ3n) is 2.78. The van der Waals surface area contributed by atoms with Crippen molar-refractivity contribution in [2.75, 3.05) is 11.9 Å². The molecule has 1 N–H and O–H groups in total. The number of benzene rings is 2. The number of rotatable bonds is 5. The summed E-state index contributed by atoms with van der Waals surface area (Å²) in [5.74, 6) is 1.02. The van der Waals surface area contributed by atoms with Gasteiger partial charge < -0.3 is 10.1 Å². The third kappa shape index (κ3) is 4.90. The molecule has 1 amide bonds. The van der Waals surface area contributed by atoms with Gasteiger partial charge in [-0.1, -0.05) is 35.8 Å². The van der Waals surface area contributed by atoms with Gasteiger partial charge in [0.25, 0.3) is 5.91 Å². The van der Waals surface area contributed by atoms with Crippen molar-refractivity contribution in [3.05, 3.63) is 58.6 Å². The van der Waals surface area contributed by atoms with Crippen LogP contribution in [-0.4, -0.2) is 12.5 Å². The molecule has 0 fully saturated rings. The Hall–Kier alpha value is -1.81. The molecule has 4 heteroatoms. The predicted octanol–water partition coefficient (Wildman–Crippen LogP) is 4.74. The highest BCUT2D eigenvalue weighted by Gasteiger charge is 2.07. The first-order valence-electron chi connectivity index (χ1n) is 6.84. The largest absolute Gasteiger partial charge is 0.493 e. The standard InChI is InChI=1S/C17H18BrNO2/c1-12(2)11-21-16-5-3-4-13(10-16)17(20)19-15-8-6-14(18)7-9-15/h3-10,12H,11H2,1-2H3,(H,19,20). The Balaban J connectivity index is 2.05. The summed E-state index contributed by atoms with van der Waals surface area (Å²) in [6.45, 7) is 4.81. The van der Waals surface area contributed by atoms with Crippen LogP contribution in [0.3, 0.4) is 0 Å². The molecule has 2 aromatic rings. The summed E-state index contributed by atoms with van der Waals surface area (Å²) in [5.41, 5.74) is 1.34. The molecular formula is C17H18BrNO2. The average Bonchev–Trinajstić information content (AvgIpc) is 2.48. The first kappa shape index (κ1) is 15.6. The second-order valence-corrected chi connectivity index (χ2v) is 6.11. The lowest BCUT2D eigenvalue weighted by Gasteiger charge is -2.10. The molecule has 0 atom stereocenters. The van der Waals surface area contributed by atoms with Crippen molar-refractivity contribution in [1.82, 2.24) is 0 Å². The van der Waals surface area contributed by atoms with Gasteiger partial charge in [0.2, 0.25) is 0 Å². The summed E-state index contributed by atoms with van der Waals surface area (Å²) in [4.78, 5) is 12.2. The molecule has 21 heavy (non-hydrogen) atoms. The van der Waals surface area contributed by atoms with Crippen LogP contribution in [0.4, 0.5) is 5.69 Å². The Morgan fingerprint density at radius 3 is 2.57 bits per heavy atom. The third-order valence-corrected chi connectivity index (χ3v) is 3.31. The average molecular weight is 348 g/mol. The normalized spacial score (nSPS) is 10.5. The van der Waals surface area contributed by atoms with Crippen LogP contribution in [0.5, 0.6) is 5.75 Å². The van der Waals surface area contributed by atoms with Gasteiger partial charge in [0.05, 0.1) is 6.61 Å². The fourth-order valence-corrected chi connectivity index (χ4v) is 1.99. The van der Waals surface area contributed by atoms with Crippen molar-refractivity contribution in [3.63, 3.8) is 0 Å². The maximum atomic E-state index is 12.2. The molecule has 0 radical (unpaired) electrons. The van der Waals surface area contributed by atoms with E-state index in [0.717, 1.165) is 10.2 Å². The molecule has 0 saturated heterocycles. The minimum Gasteiger partial charge on any atom is -0.493 e. The first-order chi connectivity index (χ1) is 10.0. The molecule has 0 bridgehead atoms. The number of hydrogen-bond donors (Lipinski definition) is 1. The van der Waals surface area contributed by atoms with E-state index in [4.69, 9.17) is 4.74 Å². The van der Waals surface area contributed by atoms with Crippen LogP contribution in [0.15, 0.2) is 53.0 Å². The van der Waals surface area contributed by atoms with E-state index in [1.165, 1.54) is 0 Å². The fourth-order valence-electron chi connectivity index (χ4n) is 1.73. The molecule has 0 unspecified atom stereocenters. The minimum absolute atomic E-state index is 0.146. The van der Waals surface area contributed by atoms with Crippen molar-refractivity contribution >= 4 is 27.5 Å². The van der Waals surface area contributed by atoms with Crippen LogP contribution in [0.25, 0.3) is 0 Å². The quantitative estimate of drug-likeness (QED) is 0.848.